The van der Waals surface area contributed by atoms with Crippen LogP contribution in [-0.2, 0) is 4.74 Å². The molecule has 1 aromatic rings. The van der Waals surface area contributed by atoms with Crippen molar-refractivity contribution in [3.05, 3.63) is 20.8 Å². The summed E-state index contributed by atoms with van der Waals surface area (Å²) in [5, 5.41) is 4.18. The van der Waals surface area contributed by atoms with Gasteiger partial charge in [-0.25, -0.2) is 0 Å². The van der Waals surface area contributed by atoms with Crippen molar-refractivity contribution in [3.63, 3.8) is 0 Å². The average molecular weight is 320 g/mol. The summed E-state index contributed by atoms with van der Waals surface area (Å²) < 4.78 is 6.94. The average Bonchev–Trinajstić information content (AvgIpc) is 2.77. The summed E-state index contributed by atoms with van der Waals surface area (Å²) in [7, 11) is 0. The van der Waals surface area contributed by atoms with Crippen molar-refractivity contribution >= 4 is 27.3 Å². The summed E-state index contributed by atoms with van der Waals surface area (Å²) in [5.41, 5.74) is 4.07. The number of hydrazine groups is 1. The second kappa shape index (κ2) is 6.26. The minimum atomic E-state index is 0.0463. The zero-order valence-electron chi connectivity index (χ0n) is 9.86. The van der Waals surface area contributed by atoms with Crippen molar-refractivity contribution in [2.24, 2.45) is 5.84 Å². The lowest BCUT2D eigenvalue weighted by molar-refractivity contribution is -0.0457. The molecule has 0 aliphatic carbocycles. The Labute approximate surface area is 114 Å². The third-order valence-electron chi connectivity index (χ3n) is 3.15. The molecule has 4 nitrogen and oxygen atoms in total. The lowest BCUT2D eigenvalue weighted by Crippen LogP contribution is -2.49. The van der Waals surface area contributed by atoms with Crippen LogP contribution >= 0.6 is 27.3 Å². The first-order chi connectivity index (χ1) is 8.26. The molecule has 0 spiro atoms. The zero-order valence-corrected chi connectivity index (χ0v) is 12.3. The van der Waals surface area contributed by atoms with E-state index in [0.717, 1.165) is 30.7 Å². The van der Waals surface area contributed by atoms with Gasteiger partial charge in [0.15, 0.2) is 0 Å². The largest absolute Gasteiger partial charge is 0.374 e. The Kier molecular flexibility index (Phi) is 4.96. The maximum absolute atomic E-state index is 5.84. The van der Waals surface area contributed by atoms with Gasteiger partial charge in [-0.2, -0.15) is 11.3 Å². The molecule has 0 radical (unpaired) electrons. The van der Waals surface area contributed by atoms with E-state index in [-0.39, 0.29) is 12.1 Å². The normalized spacial score (nSPS) is 23.8. The van der Waals surface area contributed by atoms with E-state index in [1.807, 2.05) is 0 Å². The van der Waals surface area contributed by atoms with Crippen LogP contribution in [0.1, 0.15) is 18.5 Å². The molecule has 96 valence electrons. The monoisotopic (exact) mass is 319 g/mol. The maximum atomic E-state index is 5.84. The van der Waals surface area contributed by atoms with Crippen LogP contribution in [0.3, 0.4) is 0 Å². The number of likely N-dealkylation sites (N-methyl/N-ethyl adjacent to an activating group) is 1. The molecule has 3 N–H and O–H groups in total. The molecule has 1 aliphatic heterocycles. The molecular formula is C11H18BrN3OS. The van der Waals surface area contributed by atoms with Crippen molar-refractivity contribution in [1.29, 1.82) is 0 Å². The Hall–Kier alpha value is 0.0200. The van der Waals surface area contributed by atoms with E-state index >= 15 is 0 Å². The third-order valence-corrected chi connectivity index (χ3v) is 4.91. The first kappa shape index (κ1) is 13.5. The van der Waals surface area contributed by atoms with Crippen LogP contribution in [0.2, 0.25) is 0 Å². The Bertz CT molecular complexity index is 360. The highest BCUT2D eigenvalue weighted by molar-refractivity contribution is 9.10. The van der Waals surface area contributed by atoms with Crippen LogP contribution in [0.4, 0.5) is 0 Å². The number of nitrogens with one attached hydrogen (secondary N) is 1. The first-order valence-electron chi connectivity index (χ1n) is 5.78. The quantitative estimate of drug-likeness (QED) is 0.655. The smallest absolute Gasteiger partial charge is 0.0910 e. The number of nitrogens with zero attached hydrogens (tertiary/aromatic N) is 1. The van der Waals surface area contributed by atoms with Gasteiger partial charge in [0.1, 0.15) is 0 Å². The number of thiophene rings is 1. The summed E-state index contributed by atoms with van der Waals surface area (Å²) in [5.74, 6) is 5.69. The van der Waals surface area contributed by atoms with Crippen LogP contribution in [0.15, 0.2) is 15.2 Å². The van der Waals surface area contributed by atoms with Crippen LogP contribution in [-0.4, -0.2) is 37.2 Å². The molecular weight excluding hydrogens is 302 g/mol. The fourth-order valence-electron chi connectivity index (χ4n) is 2.13. The highest BCUT2D eigenvalue weighted by Crippen LogP contribution is 2.30. The number of hydrogen-bond acceptors (Lipinski definition) is 5. The van der Waals surface area contributed by atoms with Gasteiger partial charge in [-0.1, -0.05) is 6.92 Å². The van der Waals surface area contributed by atoms with Gasteiger partial charge in [-0.3, -0.25) is 16.2 Å². The molecule has 17 heavy (non-hydrogen) atoms. The highest BCUT2D eigenvalue weighted by Gasteiger charge is 2.29. The second-order valence-electron chi connectivity index (χ2n) is 4.12. The minimum Gasteiger partial charge on any atom is -0.374 e. The predicted octanol–water partition coefficient (Wildman–Crippen LogP) is 1.74. The van der Waals surface area contributed by atoms with Gasteiger partial charge in [0.05, 0.1) is 18.8 Å². The maximum Gasteiger partial charge on any atom is 0.0910 e. The van der Waals surface area contributed by atoms with E-state index in [0.29, 0.717) is 0 Å². The van der Waals surface area contributed by atoms with Crippen molar-refractivity contribution in [2.75, 3.05) is 26.2 Å². The molecule has 6 heteroatoms. The summed E-state index contributed by atoms with van der Waals surface area (Å²) in [6, 6.07) is 0.0463. The standard InChI is InChI=1S/C11H18BrN3OS/c1-2-15-3-4-16-10(5-15)11(14-13)8-6-17-7-9(8)12/h6-7,10-11,14H,2-5,13H2,1H3. The zero-order chi connectivity index (χ0) is 12.3. The summed E-state index contributed by atoms with van der Waals surface area (Å²) in [6.07, 6.45) is 0.111. The molecule has 0 bridgehead atoms. The van der Waals surface area contributed by atoms with Gasteiger partial charge in [-0.05, 0) is 33.4 Å². The van der Waals surface area contributed by atoms with E-state index in [1.54, 1.807) is 11.3 Å². The fraction of sp³-hybridized carbons (Fsp3) is 0.636. The summed E-state index contributed by atoms with van der Waals surface area (Å²) in [4.78, 5) is 2.39. The lowest BCUT2D eigenvalue weighted by Gasteiger charge is -2.36. The molecule has 0 saturated carbocycles. The molecule has 2 heterocycles. The third kappa shape index (κ3) is 3.07. The second-order valence-corrected chi connectivity index (χ2v) is 5.72. The Morgan fingerprint density at radius 3 is 3.12 bits per heavy atom. The van der Waals surface area contributed by atoms with Crippen molar-refractivity contribution in [2.45, 2.75) is 19.1 Å². The molecule has 1 aliphatic rings. The van der Waals surface area contributed by atoms with Gasteiger partial charge in [-0.15, -0.1) is 0 Å². The lowest BCUT2D eigenvalue weighted by atomic mass is 10.0. The SMILES string of the molecule is CCN1CCOC(C(NN)c2cscc2Br)C1. The first-order valence-corrected chi connectivity index (χ1v) is 7.51. The van der Waals surface area contributed by atoms with Gasteiger partial charge < -0.3 is 4.74 Å². The molecule has 1 saturated heterocycles. The summed E-state index contributed by atoms with van der Waals surface area (Å²) >= 11 is 5.22. The highest BCUT2D eigenvalue weighted by atomic mass is 79.9. The number of halogens is 1. The van der Waals surface area contributed by atoms with Gasteiger partial charge in [0.2, 0.25) is 0 Å². The molecule has 2 atom stereocenters. The molecule has 1 aromatic heterocycles. The number of nitrogens with two attached hydrogens (primary N) is 1. The van der Waals surface area contributed by atoms with Gasteiger partial charge >= 0.3 is 0 Å². The molecule has 0 amide bonds. The molecule has 0 aromatic carbocycles. The molecule has 1 fully saturated rings. The Morgan fingerprint density at radius 1 is 1.71 bits per heavy atom. The number of ether oxygens (including phenoxy) is 1. The number of rotatable bonds is 4. The van der Waals surface area contributed by atoms with E-state index in [4.69, 9.17) is 10.6 Å². The Morgan fingerprint density at radius 2 is 2.53 bits per heavy atom. The predicted molar refractivity (Wildman–Crippen MR) is 73.9 cm³/mol. The van der Waals surface area contributed by atoms with E-state index < -0.39 is 0 Å². The van der Waals surface area contributed by atoms with Crippen LogP contribution in [0.5, 0.6) is 0 Å². The van der Waals surface area contributed by atoms with Crippen molar-refractivity contribution in [3.8, 4) is 0 Å². The molecule has 2 rings (SSSR count). The number of morpholine rings is 1. The topological polar surface area (TPSA) is 50.5 Å². The fourth-order valence-corrected chi connectivity index (χ4v) is 3.71. The van der Waals surface area contributed by atoms with E-state index in [9.17, 15) is 0 Å². The van der Waals surface area contributed by atoms with Gasteiger partial charge in [0, 0.05) is 22.9 Å². The van der Waals surface area contributed by atoms with Crippen LogP contribution < -0.4 is 11.3 Å². The van der Waals surface area contributed by atoms with Crippen LogP contribution in [0.25, 0.3) is 0 Å². The van der Waals surface area contributed by atoms with E-state index in [1.165, 1.54) is 5.56 Å². The van der Waals surface area contributed by atoms with Crippen molar-refractivity contribution < 1.29 is 4.74 Å². The summed E-state index contributed by atoms with van der Waals surface area (Å²) in [6.45, 7) is 5.94. The van der Waals surface area contributed by atoms with Crippen LogP contribution in [0, 0.1) is 0 Å². The molecule has 2 unspecified atom stereocenters. The Balaban J connectivity index is 2.10. The van der Waals surface area contributed by atoms with E-state index in [2.05, 4.69) is 43.9 Å². The van der Waals surface area contributed by atoms with Crippen molar-refractivity contribution in [1.82, 2.24) is 10.3 Å². The van der Waals surface area contributed by atoms with Gasteiger partial charge in [0.25, 0.3) is 0 Å². The number of hydrogen-bond donors (Lipinski definition) is 2. The minimum absolute atomic E-state index is 0.0463.